The minimum Gasteiger partial charge on any atom is -0.445 e. The van der Waals surface area contributed by atoms with E-state index in [9.17, 15) is 4.21 Å². The van der Waals surface area contributed by atoms with Crippen LogP contribution < -0.4 is 0 Å². The molecule has 8 heteroatoms. The molecule has 110 valence electrons. The van der Waals surface area contributed by atoms with Crippen molar-refractivity contribution < 1.29 is 13.1 Å². The molecule has 3 aromatic rings. The molecule has 0 aromatic carbocycles. The molecular formula is C13H13N3O3S2. The minimum absolute atomic E-state index is 0.216. The zero-order valence-electron chi connectivity index (χ0n) is 11.5. The molecule has 0 aliphatic rings. The second-order valence-corrected chi connectivity index (χ2v) is 6.74. The average molecular weight is 323 g/mol. The first-order valence-electron chi connectivity index (χ1n) is 6.25. The minimum atomic E-state index is -1.19. The van der Waals surface area contributed by atoms with Crippen LogP contribution in [0.4, 0.5) is 0 Å². The van der Waals surface area contributed by atoms with Gasteiger partial charge in [-0.3, -0.25) is 4.21 Å². The van der Waals surface area contributed by atoms with E-state index in [-0.39, 0.29) is 11.5 Å². The Morgan fingerprint density at radius 3 is 2.81 bits per heavy atom. The lowest BCUT2D eigenvalue weighted by Crippen LogP contribution is -2.01. The Morgan fingerprint density at radius 1 is 1.29 bits per heavy atom. The summed E-state index contributed by atoms with van der Waals surface area (Å²) >= 11 is 1.55. The Bertz CT molecular complexity index is 742. The molecule has 0 bridgehead atoms. The van der Waals surface area contributed by atoms with Gasteiger partial charge >= 0.3 is 0 Å². The van der Waals surface area contributed by atoms with Crippen LogP contribution in [0.3, 0.4) is 0 Å². The van der Waals surface area contributed by atoms with Gasteiger partial charge in [-0.05, 0) is 25.3 Å². The standard InChI is InChI=1S/C13H13N3O3S2/c1-8-9(2)18-12(14-8)7-21(17)6-11-15-13(19-16-11)10-3-4-20-5-10/h3-5H,6-7H2,1-2H3. The smallest absolute Gasteiger partial charge is 0.258 e. The summed E-state index contributed by atoms with van der Waals surface area (Å²) in [4.78, 5) is 8.46. The molecule has 1 unspecified atom stereocenters. The molecule has 3 heterocycles. The fourth-order valence-electron chi connectivity index (χ4n) is 1.75. The summed E-state index contributed by atoms with van der Waals surface area (Å²) in [6, 6.07) is 1.90. The fourth-order valence-corrected chi connectivity index (χ4v) is 3.29. The molecule has 0 aliphatic carbocycles. The third-order valence-corrected chi connectivity index (χ3v) is 4.72. The zero-order chi connectivity index (χ0) is 14.8. The largest absolute Gasteiger partial charge is 0.445 e. The van der Waals surface area contributed by atoms with Crippen molar-refractivity contribution in [3.63, 3.8) is 0 Å². The van der Waals surface area contributed by atoms with Crippen molar-refractivity contribution in [3.8, 4) is 11.5 Å². The first-order chi connectivity index (χ1) is 10.1. The molecule has 21 heavy (non-hydrogen) atoms. The van der Waals surface area contributed by atoms with Crippen LogP contribution in [0.25, 0.3) is 11.5 Å². The van der Waals surface area contributed by atoms with Crippen molar-refractivity contribution in [1.82, 2.24) is 15.1 Å². The van der Waals surface area contributed by atoms with Gasteiger partial charge in [-0.2, -0.15) is 16.3 Å². The lowest BCUT2D eigenvalue weighted by Gasteiger charge is -1.94. The van der Waals surface area contributed by atoms with Gasteiger partial charge in [0.05, 0.1) is 17.0 Å². The van der Waals surface area contributed by atoms with E-state index in [1.165, 1.54) is 0 Å². The Balaban J connectivity index is 1.65. The predicted octanol–water partition coefficient (Wildman–Crippen LogP) is 2.85. The maximum absolute atomic E-state index is 12.1. The summed E-state index contributed by atoms with van der Waals surface area (Å²) in [5.41, 5.74) is 1.70. The van der Waals surface area contributed by atoms with E-state index in [1.807, 2.05) is 30.7 Å². The molecule has 0 N–H and O–H groups in total. The summed E-state index contributed by atoms with van der Waals surface area (Å²) in [6.07, 6.45) is 0. The van der Waals surface area contributed by atoms with Crippen LogP contribution in [0.15, 0.2) is 25.8 Å². The van der Waals surface area contributed by atoms with Crippen molar-refractivity contribution in [2.75, 3.05) is 0 Å². The Kier molecular flexibility index (Phi) is 3.98. The van der Waals surface area contributed by atoms with Gasteiger partial charge < -0.3 is 8.94 Å². The third-order valence-electron chi connectivity index (χ3n) is 2.88. The van der Waals surface area contributed by atoms with E-state index in [0.29, 0.717) is 17.6 Å². The number of oxazole rings is 1. The van der Waals surface area contributed by atoms with Crippen molar-refractivity contribution in [3.05, 3.63) is 40.0 Å². The van der Waals surface area contributed by atoms with Gasteiger partial charge in [-0.1, -0.05) is 5.16 Å². The molecule has 3 rings (SSSR count). The number of aryl methyl sites for hydroxylation is 2. The summed E-state index contributed by atoms with van der Waals surface area (Å²) in [6.45, 7) is 3.69. The van der Waals surface area contributed by atoms with Crippen molar-refractivity contribution in [2.45, 2.75) is 25.4 Å². The lowest BCUT2D eigenvalue weighted by atomic mass is 10.3. The van der Waals surface area contributed by atoms with Gasteiger partial charge in [-0.15, -0.1) is 0 Å². The Hall–Kier alpha value is -1.80. The number of rotatable bonds is 5. The van der Waals surface area contributed by atoms with Gasteiger partial charge in [0.15, 0.2) is 5.82 Å². The van der Waals surface area contributed by atoms with Gasteiger partial charge in [0.25, 0.3) is 5.89 Å². The van der Waals surface area contributed by atoms with Crippen molar-refractivity contribution in [1.29, 1.82) is 0 Å². The predicted molar refractivity (Wildman–Crippen MR) is 79.1 cm³/mol. The van der Waals surface area contributed by atoms with Gasteiger partial charge in [0.1, 0.15) is 11.5 Å². The maximum Gasteiger partial charge on any atom is 0.258 e. The molecule has 3 aromatic heterocycles. The van der Waals surface area contributed by atoms with E-state index in [4.69, 9.17) is 8.94 Å². The molecule has 6 nitrogen and oxygen atoms in total. The molecular weight excluding hydrogens is 310 g/mol. The second kappa shape index (κ2) is 5.90. The molecule has 0 aliphatic heterocycles. The number of hydrogen-bond donors (Lipinski definition) is 0. The number of aromatic nitrogens is 3. The maximum atomic E-state index is 12.1. The van der Waals surface area contributed by atoms with Crippen LogP contribution in [0.1, 0.15) is 23.2 Å². The summed E-state index contributed by atoms with van der Waals surface area (Å²) in [7, 11) is -1.19. The number of thiophene rings is 1. The van der Waals surface area contributed by atoms with Crippen molar-refractivity contribution >= 4 is 22.1 Å². The highest BCUT2D eigenvalue weighted by molar-refractivity contribution is 7.83. The van der Waals surface area contributed by atoms with Crippen LogP contribution >= 0.6 is 11.3 Å². The van der Waals surface area contributed by atoms with E-state index in [0.717, 1.165) is 17.0 Å². The van der Waals surface area contributed by atoms with Gasteiger partial charge in [-0.25, -0.2) is 4.98 Å². The molecule has 0 fully saturated rings. The van der Waals surface area contributed by atoms with Gasteiger partial charge in [0, 0.05) is 16.2 Å². The first kappa shape index (κ1) is 14.2. The summed E-state index contributed by atoms with van der Waals surface area (Å²) < 4.78 is 22.7. The highest BCUT2D eigenvalue weighted by Crippen LogP contribution is 2.20. The quantitative estimate of drug-likeness (QED) is 0.718. The van der Waals surface area contributed by atoms with Crippen LogP contribution in [-0.2, 0) is 22.3 Å². The van der Waals surface area contributed by atoms with E-state index in [2.05, 4.69) is 15.1 Å². The van der Waals surface area contributed by atoms with Crippen LogP contribution in [-0.4, -0.2) is 19.3 Å². The average Bonchev–Trinajstić information content (AvgIpc) is 3.12. The number of hydrogen-bond acceptors (Lipinski definition) is 7. The van der Waals surface area contributed by atoms with Crippen LogP contribution in [0.5, 0.6) is 0 Å². The lowest BCUT2D eigenvalue weighted by molar-refractivity contribution is 0.425. The van der Waals surface area contributed by atoms with Crippen LogP contribution in [0, 0.1) is 13.8 Å². The molecule has 0 radical (unpaired) electrons. The van der Waals surface area contributed by atoms with Crippen LogP contribution in [0.2, 0.25) is 0 Å². The highest BCUT2D eigenvalue weighted by Gasteiger charge is 2.14. The molecule has 0 amide bonds. The normalized spacial score (nSPS) is 12.7. The summed E-state index contributed by atoms with van der Waals surface area (Å²) in [5.74, 6) is 2.57. The van der Waals surface area contributed by atoms with Gasteiger partial charge in [0.2, 0.25) is 5.89 Å². The zero-order valence-corrected chi connectivity index (χ0v) is 13.2. The van der Waals surface area contributed by atoms with E-state index >= 15 is 0 Å². The molecule has 0 spiro atoms. The molecule has 0 saturated carbocycles. The second-order valence-electron chi connectivity index (χ2n) is 4.51. The first-order valence-corrected chi connectivity index (χ1v) is 8.68. The Labute approximate surface area is 127 Å². The van der Waals surface area contributed by atoms with E-state index < -0.39 is 10.8 Å². The monoisotopic (exact) mass is 323 g/mol. The number of nitrogens with zero attached hydrogens (tertiary/aromatic N) is 3. The van der Waals surface area contributed by atoms with Crippen molar-refractivity contribution in [2.24, 2.45) is 0 Å². The molecule has 0 saturated heterocycles. The summed E-state index contributed by atoms with van der Waals surface area (Å²) in [5, 5.41) is 7.71. The highest BCUT2D eigenvalue weighted by atomic mass is 32.2. The third kappa shape index (κ3) is 3.27. The fraction of sp³-hybridized carbons (Fsp3) is 0.308. The SMILES string of the molecule is Cc1nc(CS(=O)Cc2noc(-c3ccsc3)n2)oc1C. The Morgan fingerprint density at radius 2 is 2.14 bits per heavy atom. The molecule has 1 atom stereocenters. The topological polar surface area (TPSA) is 82.0 Å². The van der Waals surface area contributed by atoms with E-state index in [1.54, 1.807) is 11.3 Å².